The highest BCUT2D eigenvalue weighted by atomic mass is 35.5. The second-order valence-corrected chi connectivity index (χ2v) is 9.25. The summed E-state index contributed by atoms with van der Waals surface area (Å²) in [6.07, 6.45) is 1.05. The minimum atomic E-state index is -0.998. The number of halogens is 1. The van der Waals surface area contributed by atoms with Crippen molar-refractivity contribution in [1.29, 1.82) is 0 Å². The molecule has 5 nitrogen and oxygen atoms in total. The van der Waals surface area contributed by atoms with E-state index in [4.69, 9.17) is 21.1 Å². The summed E-state index contributed by atoms with van der Waals surface area (Å²) in [6, 6.07) is 11.3. The molecule has 1 atom stereocenters. The number of cyclic esters (lactones) is 1. The Hall–Kier alpha value is -1.89. The Morgan fingerprint density at radius 2 is 1.93 bits per heavy atom. The number of rotatable bonds is 7. The highest BCUT2D eigenvalue weighted by Gasteiger charge is 2.34. The Morgan fingerprint density at radius 1 is 1.21 bits per heavy atom. The van der Waals surface area contributed by atoms with Crippen molar-refractivity contribution in [3.05, 3.63) is 52.5 Å². The van der Waals surface area contributed by atoms with E-state index in [1.54, 1.807) is 6.07 Å². The number of nitrogens with one attached hydrogen (secondary N) is 1. The lowest BCUT2D eigenvalue weighted by Crippen LogP contribution is -2.34. The quantitative estimate of drug-likeness (QED) is 0.479. The van der Waals surface area contributed by atoms with E-state index in [9.17, 15) is 9.35 Å². The number of hydrogen-bond acceptors (Lipinski definition) is 4. The van der Waals surface area contributed by atoms with E-state index in [-0.39, 0.29) is 0 Å². The first-order valence-corrected chi connectivity index (χ1v) is 10.9. The molecule has 1 unspecified atom stereocenters. The van der Waals surface area contributed by atoms with E-state index < -0.39 is 22.9 Å². The van der Waals surface area contributed by atoms with Crippen LogP contribution >= 0.6 is 11.6 Å². The van der Waals surface area contributed by atoms with Crippen molar-refractivity contribution in [2.24, 2.45) is 0 Å². The van der Waals surface area contributed by atoms with Gasteiger partial charge in [-0.15, -0.1) is 0 Å². The largest absolute Gasteiger partial charge is 0.611 e. The van der Waals surface area contributed by atoms with Crippen LogP contribution in [0.2, 0.25) is 5.02 Å². The van der Waals surface area contributed by atoms with Crippen molar-refractivity contribution in [3.63, 3.8) is 0 Å². The van der Waals surface area contributed by atoms with Crippen LogP contribution in [-0.2, 0) is 21.5 Å². The molecule has 0 radical (unpaired) electrons. The molecule has 1 aliphatic heterocycles. The topological polar surface area (TPSA) is 70.6 Å². The number of aryl methyl sites for hydroxylation is 1. The molecule has 0 bridgehead atoms. The third-order valence-corrected chi connectivity index (χ3v) is 6.32. The second-order valence-electron chi connectivity index (χ2n) is 7.27. The lowest BCUT2D eigenvalue weighted by atomic mass is 9.94. The van der Waals surface area contributed by atoms with Gasteiger partial charge in [0.25, 0.3) is 0 Å². The molecule has 1 N–H and O–H groups in total. The molecule has 3 rings (SSSR count). The molecule has 1 amide bonds. The Labute approximate surface area is 173 Å². The maximum Gasteiger partial charge on any atom is 0.412 e. The minimum Gasteiger partial charge on any atom is -0.611 e. The average Bonchev–Trinajstić information content (AvgIpc) is 2.61. The van der Waals surface area contributed by atoms with Crippen LogP contribution in [0.1, 0.15) is 37.8 Å². The van der Waals surface area contributed by atoms with Crippen LogP contribution in [0.3, 0.4) is 0 Å². The third kappa shape index (κ3) is 4.93. The molecule has 0 aromatic heterocycles. The summed E-state index contributed by atoms with van der Waals surface area (Å²) in [5.74, 6) is 1.14. The van der Waals surface area contributed by atoms with Gasteiger partial charge in [-0.25, -0.2) is 4.79 Å². The second kappa shape index (κ2) is 8.64. The molecule has 2 aromatic carbocycles. The number of amides is 1. The summed E-state index contributed by atoms with van der Waals surface area (Å²) >= 11 is 5.29. The summed E-state index contributed by atoms with van der Waals surface area (Å²) in [7, 11) is 0. The predicted molar refractivity (Wildman–Crippen MR) is 112 cm³/mol. The van der Waals surface area contributed by atoms with Gasteiger partial charge < -0.3 is 14.0 Å². The van der Waals surface area contributed by atoms with Crippen molar-refractivity contribution >= 4 is 34.6 Å². The molecule has 150 valence electrons. The molecule has 0 aliphatic carbocycles. The average molecular weight is 422 g/mol. The van der Waals surface area contributed by atoms with Gasteiger partial charge in [0.05, 0.1) is 17.3 Å². The van der Waals surface area contributed by atoms with Crippen LogP contribution in [-0.4, -0.2) is 23.0 Å². The molecule has 1 aliphatic rings. The van der Waals surface area contributed by atoms with Gasteiger partial charge >= 0.3 is 6.09 Å². The van der Waals surface area contributed by atoms with E-state index in [0.29, 0.717) is 28.8 Å². The molecule has 28 heavy (non-hydrogen) atoms. The molecule has 0 spiro atoms. The highest BCUT2D eigenvalue weighted by Crippen LogP contribution is 2.41. The van der Waals surface area contributed by atoms with Crippen LogP contribution < -0.4 is 10.1 Å². The van der Waals surface area contributed by atoms with Crippen LogP contribution in [0.5, 0.6) is 5.75 Å². The van der Waals surface area contributed by atoms with Gasteiger partial charge in [-0.1, -0.05) is 29.3 Å². The Kier molecular flexibility index (Phi) is 6.43. The SMILES string of the molecule is Cc1ccc([S+]([O-])CCCCOc2cc3c(cc2Cl)NC(=O)OC3(C)C)cc1. The zero-order chi connectivity index (χ0) is 20.3. The zero-order valence-electron chi connectivity index (χ0n) is 16.2. The number of anilines is 1. The van der Waals surface area contributed by atoms with Crippen LogP contribution in [0, 0.1) is 6.92 Å². The predicted octanol–water partition coefficient (Wildman–Crippen LogP) is 5.41. The Balaban J connectivity index is 1.52. The van der Waals surface area contributed by atoms with Gasteiger partial charge in [-0.3, -0.25) is 5.32 Å². The number of carbonyl (C=O) groups is 1. The van der Waals surface area contributed by atoms with Gasteiger partial charge in [0.1, 0.15) is 17.1 Å². The number of carbonyl (C=O) groups excluding carboxylic acids is 1. The van der Waals surface area contributed by atoms with Crippen LogP contribution in [0.25, 0.3) is 0 Å². The molecule has 1 heterocycles. The fourth-order valence-corrected chi connectivity index (χ4v) is 4.37. The summed E-state index contributed by atoms with van der Waals surface area (Å²) in [6.45, 7) is 6.12. The van der Waals surface area contributed by atoms with E-state index in [0.717, 1.165) is 28.9 Å². The Bertz CT molecular complexity index is 854. The van der Waals surface area contributed by atoms with E-state index in [2.05, 4.69) is 5.32 Å². The fraction of sp³-hybridized carbons (Fsp3) is 0.381. The first-order valence-electron chi connectivity index (χ1n) is 9.18. The van der Waals surface area contributed by atoms with Crippen LogP contribution in [0.4, 0.5) is 10.5 Å². The summed E-state index contributed by atoms with van der Waals surface area (Å²) in [5.41, 5.74) is 1.84. The van der Waals surface area contributed by atoms with Gasteiger partial charge in [0.2, 0.25) is 0 Å². The van der Waals surface area contributed by atoms with Gasteiger partial charge in [0, 0.05) is 5.56 Å². The summed E-state index contributed by atoms with van der Waals surface area (Å²) < 4.78 is 23.5. The van der Waals surface area contributed by atoms with E-state index >= 15 is 0 Å². The first-order chi connectivity index (χ1) is 13.3. The number of benzene rings is 2. The number of fused-ring (bicyclic) bond motifs is 1. The summed E-state index contributed by atoms with van der Waals surface area (Å²) in [5, 5.41) is 3.09. The molecule has 0 fully saturated rings. The molecule has 2 aromatic rings. The fourth-order valence-electron chi connectivity index (χ4n) is 3.01. The lowest BCUT2D eigenvalue weighted by Gasteiger charge is -2.33. The molecule has 0 saturated carbocycles. The van der Waals surface area contributed by atoms with E-state index in [1.807, 2.05) is 51.1 Å². The molecule has 7 heteroatoms. The van der Waals surface area contributed by atoms with Crippen molar-refractivity contribution in [2.45, 2.75) is 44.1 Å². The van der Waals surface area contributed by atoms with Crippen LogP contribution in [0.15, 0.2) is 41.3 Å². The lowest BCUT2D eigenvalue weighted by molar-refractivity contribution is 0.0418. The van der Waals surface area contributed by atoms with Crippen molar-refractivity contribution < 1.29 is 18.8 Å². The minimum absolute atomic E-state index is 0.431. The van der Waals surface area contributed by atoms with Crippen molar-refractivity contribution in [2.75, 3.05) is 17.7 Å². The number of ether oxygens (including phenoxy) is 2. The summed E-state index contributed by atoms with van der Waals surface area (Å²) in [4.78, 5) is 12.5. The standard InChI is InChI=1S/C21H24ClNO4S/c1-14-6-8-15(9-7-14)28(25)11-5-4-10-26-19-12-16-18(13-17(19)22)23-20(24)27-21(16,2)3/h6-9,12-13H,4-5,10-11H2,1-3H3,(H,23,24). The molecule has 0 saturated heterocycles. The van der Waals surface area contributed by atoms with Gasteiger partial charge in [-0.05, 0) is 69.1 Å². The smallest absolute Gasteiger partial charge is 0.412 e. The Morgan fingerprint density at radius 3 is 2.64 bits per heavy atom. The first kappa shape index (κ1) is 20.8. The normalized spacial score (nSPS) is 16.0. The van der Waals surface area contributed by atoms with Crippen molar-refractivity contribution in [1.82, 2.24) is 0 Å². The number of hydrogen-bond donors (Lipinski definition) is 1. The maximum atomic E-state index is 12.3. The monoisotopic (exact) mass is 421 g/mol. The third-order valence-electron chi connectivity index (χ3n) is 4.57. The van der Waals surface area contributed by atoms with Gasteiger partial charge in [0.15, 0.2) is 4.90 Å². The van der Waals surface area contributed by atoms with E-state index in [1.165, 1.54) is 0 Å². The highest BCUT2D eigenvalue weighted by molar-refractivity contribution is 7.91. The molecular weight excluding hydrogens is 398 g/mol. The number of unbranched alkanes of at least 4 members (excludes halogenated alkanes) is 1. The van der Waals surface area contributed by atoms with Crippen molar-refractivity contribution in [3.8, 4) is 5.75 Å². The molecular formula is C21H24ClNO4S. The zero-order valence-corrected chi connectivity index (χ0v) is 17.8. The maximum absolute atomic E-state index is 12.3. The van der Waals surface area contributed by atoms with Gasteiger partial charge in [-0.2, -0.15) is 0 Å².